The second kappa shape index (κ2) is 7.82. The van der Waals surface area contributed by atoms with Gasteiger partial charge in [-0.05, 0) is 34.9 Å². The molecular weight excluding hydrogens is 352 g/mol. The molecule has 0 spiro atoms. The van der Waals surface area contributed by atoms with E-state index >= 15 is 0 Å². The van der Waals surface area contributed by atoms with Crippen molar-refractivity contribution in [1.29, 1.82) is 5.26 Å². The summed E-state index contributed by atoms with van der Waals surface area (Å²) in [7, 11) is 0. The van der Waals surface area contributed by atoms with Gasteiger partial charge in [0.1, 0.15) is 29.8 Å². The van der Waals surface area contributed by atoms with E-state index in [2.05, 4.69) is 15.2 Å². The van der Waals surface area contributed by atoms with Gasteiger partial charge in [-0.3, -0.25) is 0 Å². The lowest BCUT2D eigenvalue weighted by atomic mass is 10.2. The van der Waals surface area contributed by atoms with Crippen molar-refractivity contribution in [1.82, 2.24) is 19.7 Å². The zero-order valence-electron chi connectivity index (χ0n) is 14.8. The molecule has 0 bridgehead atoms. The number of pyridine rings is 1. The number of aliphatic hydroxyl groups excluding tert-OH is 1. The normalized spacial score (nSPS) is 14.5. The molecule has 0 amide bonds. The minimum atomic E-state index is -0.660. The molecule has 10 heteroatoms. The molecule has 3 heterocycles. The Morgan fingerprint density at radius 3 is 2.96 bits per heavy atom. The smallest absolute Gasteiger partial charge is 0.406 e. The van der Waals surface area contributed by atoms with E-state index in [4.69, 9.17) is 4.74 Å². The average molecular weight is 370 g/mol. The first-order valence-electron chi connectivity index (χ1n) is 8.50. The van der Waals surface area contributed by atoms with Crippen LogP contribution in [0, 0.1) is 28.4 Å². The first-order valence-corrected chi connectivity index (χ1v) is 8.50. The zero-order chi connectivity index (χ0) is 19.4. The molecule has 10 nitrogen and oxygen atoms in total. The molecule has 0 aliphatic carbocycles. The number of aliphatic hydroxyl groups is 1. The quantitative estimate of drug-likeness (QED) is 0.366. The third-order valence-electron chi connectivity index (χ3n) is 4.25. The highest BCUT2D eigenvalue weighted by molar-refractivity contribution is 5.74. The van der Waals surface area contributed by atoms with Crippen LogP contribution in [0.5, 0.6) is 5.75 Å². The fourth-order valence-electron chi connectivity index (χ4n) is 2.91. The van der Waals surface area contributed by atoms with Gasteiger partial charge in [0.15, 0.2) is 11.6 Å². The van der Waals surface area contributed by atoms with E-state index in [1.54, 1.807) is 13.0 Å². The summed E-state index contributed by atoms with van der Waals surface area (Å²) in [5.74, 6) is 0.161. The number of nitro groups is 1. The van der Waals surface area contributed by atoms with Crippen molar-refractivity contribution >= 4 is 11.4 Å². The molecule has 0 fully saturated rings. The zero-order valence-corrected chi connectivity index (χ0v) is 14.8. The van der Waals surface area contributed by atoms with Gasteiger partial charge in [0.05, 0.1) is 0 Å². The predicted molar refractivity (Wildman–Crippen MR) is 93.9 cm³/mol. The maximum absolute atomic E-state index is 11.1. The lowest BCUT2D eigenvalue weighted by Gasteiger charge is -2.09. The molecule has 0 radical (unpaired) electrons. The highest BCUT2D eigenvalue weighted by Crippen LogP contribution is 2.26. The van der Waals surface area contributed by atoms with Crippen LogP contribution < -0.4 is 4.74 Å². The maximum atomic E-state index is 11.1. The molecule has 140 valence electrons. The number of allylic oxidation sites excluding steroid dienone is 1. The topological polar surface area (TPSA) is 140 Å². The number of aryl methyl sites for hydroxylation is 2. The summed E-state index contributed by atoms with van der Waals surface area (Å²) in [5.41, 5.74) is 0.413. The summed E-state index contributed by atoms with van der Waals surface area (Å²) >= 11 is 0. The molecule has 2 aromatic rings. The molecule has 27 heavy (non-hydrogen) atoms. The van der Waals surface area contributed by atoms with Gasteiger partial charge in [0.2, 0.25) is 5.75 Å². The molecule has 0 aromatic carbocycles. The molecular formula is C17H18N6O4. The Balaban J connectivity index is 1.87. The Morgan fingerprint density at radius 2 is 2.22 bits per heavy atom. The monoisotopic (exact) mass is 370 g/mol. The van der Waals surface area contributed by atoms with E-state index in [0.717, 1.165) is 31.5 Å². The van der Waals surface area contributed by atoms with E-state index < -0.39 is 17.3 Å². The number of nitrogens with zero attached hydrogens (tertiary/aromatic N) is 6. The van der Waals surface area contributed by atoms with Crippen LogP contribution in [0.3, 0.4) is 0 Å². The van der Waals surface area contributed by atoms with E-state index in [1.807, 2.05) is 10.6 Å². The third-order valence-corrected chi connectivity index (χ3v) is 4.25. The molecule has 0 saturated carbocycles. The number of aromatic nitrogens is 4. The first-order chi connectivity index (χ1) is 13.0. The third kappa shape index (κ3) is 3.87. The van der Waals surface area contributed by atoms with E-state index in [0.29, 0.717) is 12.2 Å². The van der Waals surface area contributed by atoms with Gasteiger partial charge in [0.25, 0.3) is 0 Å². The SMILES string of the molecule is Cc1ccc(OC/C(O)=C(\C#N)c2nnc3n2CCCCC3)c([N+](=O)[O-])n1. The Kier molecular flexibility index (Phi) is 5.30. The Labute approximate surface area is 154 Å². The first kappa shape index (κ1) is 18.3. The molecule has 1 N–H and O–H groups in total. The number of rotatable bonds is 5. The van der Waals surface area contributed by atoms with Gasteiger partial charge in [-0.15, -0.1) is 10.2 Å². The highest BCUT2D eigenvalue weighted by atomic mass is 16.6. The molecule has 1 aliphatic rings. The van der Waals surface area contributed by atoms with Crippen molar-refractivity contribution in [2.45, 2.75) is 39.2 Å². The van der Waals surface area contributed by atoms with Crippen LogP contribution in [0.1, 0.15) is 36.6 Å². The van der Waals surface area contributed by atoms with Crippen LogP contribution >= 0.6 is 0 Å². The molecule has 2 aromatic heterocycles. The molecule has 0 atom stereocenters. The van der Waals surface area contributed by atoms with Crippen LogP contribution in [-0.4, -0.2) is 36.4 Å². The van der Waals surface area contributed by atoms with Crippen LogP contribution in [0.15, 0.2) is 17.9 Å². The second-order valence-corrected chi connectivity index (χ2v) is 6.16. The molecule has 1 aliphatic heterocycles. The Hall–Kier alpha value is -3.48. The number of fused-ring (bicyclic) bond motifs is 1. The van der Waals surface area contributed by atoms with Crippen LogP contribution in [-0.2, 0) is 13.0 Å². The predicted octanol–water partition coefficient (Wildman–Crippen LogP) is 2.49. The minimum absolute atomic E-state index is 0.0571. The number of hydrogen-bond acceptors (Lipinski definition) is 8. The molecule has 3 rings (SSSR count). The lowest BCUT2D eigenvalue weighted by Crippen LogP contribution is -2.10. The Morgan fingerprint density at radius 1 is 1.41 bits per heavy atom. The van der Waals surface area contributed by atoms with Crippen molar-refractivity contribution in [2.75, 3.05) is 6.61 Å². The van der Waals surface area contributed by atoms with Crippen molar-refractivity contribution in [3.63, 3.8) is 0 Å². The van der Waals surface area contributed by atoms with Gasteiger partial charge in [0, 0.05) is 19.9 Å². The number of nitriles is 1. The van der Waals surface area contributed by atoms with Gasteiger partial charge in [-0.25, -0.2) is 0 Å². The van der Waals surface area contributed by atoms with Crippen molar-refractivity contribution in [3.05, 3.63) is 45.3 Å². The summed E-state index contributed by atoms with van der Waals surface area (Å²) in [6.07, 6.45) is 3.77. The number of ether oxygens (including phenoxy) is 1. The van der Waals surface area contributed by atoms with Crippen LogP contribution in [0.2, 0.25) is 0 Å². The van der Waals surface area contributed by atoms with E-state index in [9.17, 15) is 20.5 Å². The summed E-state index contributed by atoms with van der Waals surface area (Å²) in [6.45, 7) is 1.87. The van der Waals surface area contributed by atoms with Gasteiger partial charge >= 0.3 is 5.82 Å². The van der Waals surface area contributed by atoms with Crippen molar-refractivity contribution in [2.24, 2.45) is 0 Å². The van der Waals surface area contributed by atoms with Crippen molar-refractivity contribution < 1.29 is 14.8 Å². The number of hydrogen-bond donors (Lipinski definition) is 1. The fraction of sp³-hybridized carbons (Fsp3) is 0.412. The standard InChI is InChI=1S/C17H18N6O4/c1-11-6-7-14(17(19-11)23(25)26)27-10-13(24)12(9-18)16-21-20-15-5-3-2-4-8-22(15)16/h6-7,24H,2-5,8,10H2,1H3/b13-12-. The summed E-state index contributed by atoms with van der Waals surface area (Å²) in [6, 6.07) is 4.90. The van der Waals surface area contributed by atoms with E-state index in [-0.39, 0.29) is 22.9 Å². The highest BCUT2D eigenvalue weighted by Gasteiger charge is 2.22. The fourth-order valence-corrected chi connectivity index (χ4v) is 2.91. The van der Waals surface area contributed by atoms with Gasteiger partial charge < -0.3 is 24.5 Å². The summed E-state index contributed by atoms with van der Waals surface area (Å²) < 4.78 is 7.18. The van der Waals surface area contributed by atoms with Gasteiger partial charge in [-0.1, -0.05) is 6.42 Å². The van der Waals surface area contributed by atoms with E-state index in [1.165, 1.54) is 6.07 Å². The lowest BCUT2D eigenvalue weighted by molar-refractivity contribution is -0.390. The molecule has 0 saturated heterocycles. The Bertz CT molecular complexity index is 943. The largest absolute Gasteiger partial charge is 0.507 e. The average Bonchev–Trinajstić information content (AvgIpc) is 2.89. The van der Waals surface area contributed by atoms with Crippen LogP contribution in [0.25, 0.3) is 5.57 Å². The molecule has 0 unspecified atom stereocenters. The minimum Gasteiger partial charge on any atom is -0.507 e. The maximum Gasteiger partial charge on any atom is 0.406 e. The summed E-state index contributed by atoms with van der Waals surface area (Å²) in [4.78, 5) is 14.3. The summed E-state index contributed by atoms with van der Waals surface area (Å²) in [5, 5.41) is 39.1. The van der Waals surface area contributed by atoms with Crippen LogP contribution in [0.4, 0.5) is 5.82 Å². The second-order valence-electron chi connectivity index (χ2n) is 6.16. The van der Waals surface area contributed by atoms with Gasteiger partial charge in [-0.2, -0.15) is 5.26 Å². The van der Waals surface area contributed by atoms with Crippen molar-refractivity contribution in [3.8, 4) is 11.8 Å².